The summed E-state index contributed by atoms with van der Waals surface area (Å²) in [5, 5.41) is 10.7. The molecule has 2 aromatic rings. The number of allylic oxidation sites excluding steroid dienone is 4. The zero-order valence-electron chi connectivity index (χ0n) is 13.9. The normalized spacial score (nSPS) is 15.2. The van der Waals surface area contributed by atoms with Gasteiger partial charge in [-0.1, -0.05) is 6.08 Å². The van der Waals surface area contributed by atoms with E-state index in [9.17, 15) is 36.5 Å². The number of hydrogen-bond donors (Lipinski definition) is 1. The van der Waals surface area contributed by atoms with Gasteiger partial charge in [0.1, 0.15) is 5.82 Å². The van der Waals surface area contributed by atoms with E-state index in [4.69, 9.17) is 0 Å². The van der Waals surface area contributed by atoms with Gasteiger partial charge < -0.3 is 4.98 Å². The number of rotatable bonds is 3. The van der Waals surface area contributed by atoms with E-state index < -0.39 is 28.4 Å². The fourth-order valence-corrected chi connectivity index (χ4v) is 2.73. The molecule has 1 aromatic heterocycles. The highest BCUT2D eigenvalue weighted by Crippen LogP contribution is 2.38. The van der Waals surface area contributed by atoms with Gasteiger partial charge in [0.2, 0.25) is 5.70 Å². The minimum atomic E-state index is -4.96. The van der Waals surface area contributed by atoms with Crippen molar-refractivity contribution in [3.05, 3.63) is 69.2 Å². The van der Waals surface area contributed by atoms with Crippen LogP contribution in [0.2, 0.25) is 0 Å². The third kappa shape index (κ3) is 4.07. The van der Waals surface area contributed by atoms with Crippen molar-refractivity contribution in [3.8, 4) is 11.4 Å². The number of aromatic nitrogens is 2. The van der Waals surface area contributed by atoms with E-state index in [2.05, 4.69) is 9.97 Å². The van der Waals surface area contributed by atoms with Gasteiger partial charge in [0.15, 0.2) is 0 Å². The molecule has 1 aliphatic carbocycles. The lowest BCUT2D eigenvalue weighted by Crippen LogP contribution is -2.11. The van der Waals surface area contributed by atoms with Gasteiger partial charge >= 0.3 is 12.4 Å². The van der Waals surface area contributed by atoms with Gasteiger partial charge in [0.05, 0.1) is 27.9 Å². The number of alkyl halides is 6. The Hall–Kier alpha value is -3.11. The largest absolute Gasteiger partial charge is 0.416 e. The highest BCUT2D eigenvalue weighted by Gasteiger charge is 2.37. The molecule has 3 rings (SSSR count). The first-order valence-corrected chi connectivity index (χ1v) is 7.84. The monoisotopic (exact) mass is 403 g/mol. The fraction of sp³-hybridized carbons (Fsp3) is 0.235. The predicted molar refractivity (Wildman–Crippen MR) is 86.3 cm³/mol. The number of aromatic amines is 1. The molecule has 1 aromatic carbocycles. The molecule has 1 aliphatic rings. The summed E-state index contributed by atoms with van der Waals surface area (Å²) in [7, 11) is 0. The van der Waals surface area contributed by atoms with E-state index in [0.29, 0.717) is 23.4 Å². The topological polar surface area (TPSA) is 71.8 Å². The lowest BCUT2D eigenvalue weighted by molar-refractivity contribution is -0.427. The molecule has 0 unspecified atom stereocenters. The number of benzene rings is 1. The molecule has 5 nitrogen and oxygen atoms in total. The van der Waals surface area contributed by atoms with Gasteiger partial charge in [0, 0.05) is 18.1 Å². The SMILES string of the molecule is O=[N+]([O-])C1=CC=C(c2cnc(-c3cc(C(F)(F)F)cc(C(F)(F)F)c3)[nH]2)CC1. The molecule has 1 heterocycles. The van der Waals surface area contributed by atoms with Gasteiger partial charge in [-0.3, -0.25) is 10.1 Å². The van der Waals surface area contributed by atoms with Crippen molar-refractivity contribution in [2.45, 2.75) is 25.2 Å². The molecule has 0 saturated heterocycles. The van der Waals surface area contributed by atoms with Gasteiger partial charge in [-0.05, 0) is 30.2 Å². The summed E-state index contributed by atoms with van der Waals surface area (Å²) in [5.41, 5.74) is -2.27. The summed E-state index contributed by atoms with van der Waals surface area (Å²) in [6, 6.07) is 1.21. The van der Waals surface area contributed by atoms with E-state index in [0.717, 1.165) is 0 Å². The summed E-state index contributed by atoms with van der Waals surface area (Å²) in [6.07, 6.45) is -5.46. The molecule has 1 N–H and O–H groups in total. The maximum Gasteiger partial charge on any atom is 0.416 e. The van der Waals surface area contributed by atoms with Crippen molar-refractivity contribution in [3.63, 3.8) is 0 Å². The third-order valence-electron chi connectivity index (χ3n) is 4.14. The lowest BCUT2D eigenvalue weighted by Gasteiger charge is -2.13. The average Bonchev–Trinajstić information content (AvgIpc) is 3.10. The Morgan fingerprint density at radius 1 is 0.964 bits per heavy atom. The number of nitro groups is 1. The first-order chi connectivity index (χ1) is 12.9. The molecule has 0 atom stereocenters. The number of imidazole rings is 1. The fourth-order valence-electron chi connectivity index (χ4n) is 2.73. The van der Waals surface area contributed by atoms with Crippen LogP contribution in [-0.2, 0) is 12.4 Å². The summed E-state index contributed by atoms with van der Waals surface area (Å²) in [4.78, 5) is 16.8. The first kappa shape index (κ1) is 19.6. The van der Waals surface area contributed by atoms with Crippen molar-refractivity contribution in [2.24, 2.45) is 0 Å². The van der Waals surface area contributed by atoms with Crippen molar-refractivity contribution in [1.29, 1.82) is 0 Å². The molecule has 0 bridgehead atoms. The van der Waals surface area contributed by atoms with Crippen LogP contribution in [0, 0.1) is 10.1 Å². The number of nitrogens with one attached hydrogen (secondary N) is 1. The van der Waals surface area contributed by atoms with Crippen molar-refractivity contribution < 1.29 is 31.3 Å². The van der Waals surface area contributed by atoms with Crippen molar-refractivity contribution in [1.82, 2.24) is 9.97 Å². The molecule has 0 spiro atoms. The van der Waals surface area contributed by atoms with E-state index in [1.54, 1.807) is 0 Å². The standard InChI is InChI=1S/C17H11F6N3O2/c18-16(19,20)11-5-10(6-12(7-11)17(21,22)23)15-24-8-14(25-15)9-1-3-13(4-2-9)26(27)28/h1,3,5-8H,2,4H2,(H,24,25). The van der Waals surface area contributed by atoms with Gasteiger partial charge in [0.25, 0.3) is 0 Å². The van der Waals surface area contributed by atoms with Crippen LogP contribution in [0.1, 0.15) is 29.7 Å². The van der Waals surface area contributed by atoms with E-state index in [-0.39, 0.29) is 36.0 Å². The predicted octanol–water partition coefficient (Wildman–Crippen LogP) is 5.45. The van der Waals surface area contributed by atoms with Crippen LogP contribution in [0.15, 0.2) is 42.2 Å². The second-order valence-electron chi connectivity index (χ2n) is 6.05. The Labute approximate surface area is 153 Å². The molecule has 11 heteroatoms. The zero-order valence-corrected chi connectivity index (χ0v) is 13.9. The quantitative estimate of drug-likeness (QED) is 0.421. The Morgan fingerprint density at radius 3 is 2.04 bits per heavy atom. The molecule has 0 aliphatic heterocycles. The smallest absolute Gasteiger partial charge is 0.338 e. The Kier molecular flexibility index (Phi) is 4.77. The van der Waals surface area contributed by atoms with Crippen LogP contribution in [0.4, 0.5) is 26.3 Å². The van der Waals surface area contributed by atoms with Gasteiger partial charge in [-0.25, -0.2) is 4.98 Å². The van der Waals surface area contributed by atoms with Crippen LogP contribution >= 0.6 is 0 Å². The summed E-state index contributed by atoms with van der Waals surface area (Å²) < 4.78 is 77.9. The Balaban J connectivity index is 2.00. The minimum Gasteiger partial charge on any atom is -0.338 e. The van der Waals surface area contributed by atoms with Crippen molar-refractivity contribution in [2.75, 3.05) is 0 Å². The molecule has 0 saturated carbocycles. The summed E-state index contributed by atoms with van der Waals surface area (Å²) >= 11 is 0. The second-order valence-corrected chi connectivity index (χ2v) is 6.05. The number of nitrogens with zero attached hydrogens (tertiary/aromatic N) is 2. The molecule has 0 amide bonds. The lowest BCUT2D eigenvalue weighted by atomic mass is 10.0. The Morgan fingerprint density at radius 2 is 1.57 bits per heavy atom. The number of H-pyrrole nitrogens is 1. The number of halogens is 6. The minimum absolute atomic E-state index is 0.0104. The maximum atomic E-state index is 13.0. The zero-order chi connectivity index (χ0) is 20.7. The Bertz CT molecular complexity index is 953. The molecular formula is C17H11F6N3O2. The molecular weight excluding hydrogens is 392 g/mol. The average molecular weight is 403 g/mol. The van der Waals surface area contributed by atoms with Gasteiger partial charge in [-0.15, -0.1) is 0 Å². The highest BCUT2D eigenvalue weighted by atomic mass is 19.4. The van der Waals surface area contributed by atoms with Crippen LogP contribution in [0.25, 0.3) is 17.0 Å². The molecule has 28 heavy (non-hydrogen) atoms. The summed E-state index contributed by atoms with van der Waals surface area (Å²) in [5.74, 6) is -0.170. The second kappa shape index (κ2) is 6.80. The van der Waals surface area contributed by atoms with Crippen LogP contribution in [-0.4, -0.2) is 14.9 Å². The van der Waals surface area contributed by atoms with E-state index in [1.165, 1.54) is 18.3 Å². The molecule has 148 valence electrons. The van der Waals surface area contributed by atoms with Crippen LogP contribution < -0.4 is 0 Å². The molecule has 0 radical (unpaired) electrons. The van der Waals surface area contributed by atoms with E-state index >= 15 is 0 Å². The van der Waals surface area contributed by atoms with Gasteiger partial charge in [-0.2, -0.15) is 26.3 Å². The first-order valence-electron chi connectivity index (χ1n) is 7.84. The maximum absolute atomic E-state index is 13.0. The van der Waals surface area contributed by atoms with Crippen LogP contribution in [0.3, 0.4) is 0 Å². The third-order valence-corrected chi connectivity index (χ3v) is 4.14. The highest BCUT2D eigenvalue weighted by molar-refractivity contribution is 5.68. The van der Waals surface area contributed by atoms with E-state index in [1.807, 2.05) is 0 Å². The van der Waals surface area contributed by atoms with Crippen LogP contribution in [0.5, 0.6) is 0 Å². The summed E-state index contributed by atoms with van der Waals surface area (Å²) in [6.45, 7) is 0. The van der Waals surface area contributed by atoms with Crippen molar-refractivity contribution >= 4 is 5.57 Å². The molecule has 0 fully saturated rings. The number of hydrogen-bond acceptors (Lipinski definition) is 3.